The van der Waals surface area contributed by atoms with Gasteiger partial charge in [0.15, 0.2) is 5.15 Å². The summed E-state index contributed by atoms with van der Waals surface area (Å²) in [6.07, 6.45) is 0.571. The van der Waals surface area contributed by atoms with Crippen molar-refractivity contribution in [1.29, 1.82) is 0 Å². The molecule has 0 atom stereocenters. The molecule has 1 aromatic heterocycles. The number of aromatic nitrogens is 1. The maximum absolute atomic E-state index is 10.9. The average Bonchev–Trinajstić information content (AvgIpc) is 2.10. The highest BCUT2D eigenvalue weighted by Gasteiger charge is 2.18. The Morgan fingerprint density at radius 1 is 1.64 bits per heavy atom. The minimum atomic E-state index is -1.06. The van der Waals surface area contributed by atoms with Gasteiger partial charge in [0, 0.05) is 5.69 Å². The molecule has 5 heteroatoms. The van der Waals surface area contributed by atoms with Crippen LogP contribution in [0.2, 0.25) is 5.15 Å². The first-order chi connectivity index (χ1) is 6.49. The lowest BCUT2D eigenvalue weighted by atomic mass is 10.0. The monoisotopic (exact) mass is 214 g/mol. The van der Waals surface area contributed by atoms with Gasteiger partial charge in [0.1, 0.15) is 0 Å². The van der Waals surface area contributed by atoms with E-state index in [1.807, 2.05) is 6.92 Å². The molecular formula is C9H11ClN2O2. The fourth-order valence-corrected chi connectivity index (χ4v) is 1.62. The van der Waals surface area contributed by atoms with Crippen LogP contribution < -0.4 is 5.73 Å². The number of halogens is 1. The first kappa shape index (κ1) is 10.8. The molecule has 0 bridgehead atoms. The van der Waals surface area contributed by atoms with E-state index in [9.17, 15) is 4.79 Å². The van der Waals surface area contributed by atoms with E-state index in [0.29, 0.717) is 17.7 Å². The number of aryl methyl sites for hydroxylation is 1. The molecule has 1 aromatic rings. The molecule has 4 nitrogen and oxygen atoms in total. The van der Waals surface area contributed by atoms with Crippen LogP contribution in [-0.2, 0) is 6.42 Å². The first-order valence-corrected chi connectivity index (χ1v) is 4.54. The predicted octanol–water partition coefficient (Wildman–Crippen LogP) is 1.89. The van der Waals surface area contributed by atoms with Crippen LogP contribution >= 0.6 is 11.6 Å². The van der Waals surface area contributed by atoms with Gasteiger partial charge < -0.3 is 10.8 Å². The van der Waals surface area contributed by atoms with Crippen molar-refractivity contribution in [3.05, 3.63) is 22.0 Å². The standard InChI is InChI=1S/C9H11ClN2O2/c1-3-5-4(2)12-8(10)7(11)6(5)9(13)14/h3,11H2,1-2H3,(H,13,14). The van der Waals surface area contributed by atoms with Crippen molar-refractivity contribution in [3.8, 4) is 0 Å². The van der Waals surface area contributed by atoms with Crippen LogP contribution in [0.3, 0.4) is 0 Å². The summed E-state index contributed by atoms with van der Waals surface area (Å²) < 4.78 is 0. The highest BCUT2D eigenvalue weighted by atomic mass is 35.5. The molecular weight excluding hydrogens is 204 g/mol. The van der Waals surface area contributed by atoms with Crippen LogP contribution in [0.4, 0.5) is 5.69 Å². The number of carboxylic acids is 1. The molecule has 14 heavy (non-hydrogen) atoms. The Kier molecular flexibility index (Phi) is 2.96. The Morgan fingerprint density at radius 2 is 2.21 bits per heavy atom. The fourth-order valence-electron chi connectivity index (χ4n) is 1.40. The predicted molar refractivity (Wildman–Crippen MR) is 54.7 cm³/mol. The van der Waals surface area contributed by atoms with Gasteiger partial charge in [-0.15, -0.1) is 0 Å². The van der Waals surface area contributed by atoms with Crippen LogP contribution in [0.25, 0.3) is 0 Å². The number of aromatic carboxylic acids is 1. The molecule has 0 spiro atoms. The molecule has 0 radical (unpaired) electrons. The van der Waals surface area contributed by atoms with Crippen molar-refractivity contribution < 1.29 is 9.90 Å². The Balaban J connectivity index is 3.56. The molecule has 0 unspecified atom stereocenters. The highest BCUT2D eigenvalue weighted by Crippen LogP contribution is 2.26. The topological polar surface area (TPSA) is 76.2 Å². The lowest BCUT2D eigenvalue weighted by Gasteiger charge is -2.10. The molecule has 0 aliphatic rings. The lowest BCUT2D eigenvalue weighted by molar-refractivity contribution is 0.0696. The summed E-state index contributed by atoms with van der Waals surface area (Å²) in [4.78, 5) is 14.9. The summed E-state index contributed by atoms with van der Waals surface area (Å²) in [6, 6.07) is 0. The zero-order valence-corrected chi connectivity index (χ0v) is 8.72. The van der Waals surface area contributed by atoms with Crippen LogP contribution in [0.5, 0.6) is 0 Å². The third kappa shape index (κ3) is 1.65. The fraction of sp³-hybridized carbons (Fsp3) is 0.333. The minimum absolute atomic E-state index is 0.0432. The van der Waals surface area contributed by atoms with E-state index in [-0.39, 0.29) is 16.4 Å². The van der Waals surface area contributed by atoms with Gasteiger partial charge in [-0.3, -0.25) is 0 Å². The minimum Gasteiger partial charge on any atom is -0.478 e. The van der Waals surface area contributed by atoms with Crippen LogP contribution in [0.1, 0.15) is 28.5 Å². The molecule has 0 amide bonds. The number of rotatable bonds is 2. The van der Waals surface area contributed by atoms with E-state index in [1.165, 1.54) is 0 Å². The number of nitrogen functional groups attached to an aromatic ring is 1. The Hall–Kier alpha value is -1.29. The SMILES string of the molecule is CCc1c(C)nc(Cl)c(N)c1C(=O)O. The number of carbonyl (C=O) groups is 1. The summed E-state index contributed by atoms with van der Waals surface area (Å²) >= 11 is 5.69. The van der Waals surface area contributed by atoms with E-state index in [4.69, 9.17) is 22.4 Å². The van der Waals surface area contributed by atoms with Gasteiger partial charge in [-0.2, -0.15) is 0 Å². The quantitative estimate of drug-likeness (QED) is 0.737. The number of hydrogen-bond donors (Lipinski definition) is 2. The van der Waals surface area contributed by atoms with Gasteiger partial charge >= 0.3 is 5.97 Å². The number of nitrogens with zero attached hydrogens (tertiary/aromatic N) is 1. The Bertz CT molecular complexity index is 391. The van der Waals surface area contributed by atoms with Gasteiger partial charge in [-0.05, 0) is 18.9 Å². The molecule has 0 saturated heterocycles. The molecule has 0 aliphatic heterocycles. The average molecular weight is 215 g/mol. The molecule has 0 saturated carbocycles. The highest BCUT2D eigenvalue weighted by molar-refractivity contribution is 6.32. The normalized spacial score (nSPS) is 10.2. The van der Waals surface area contributed by atoms with E-state index in [0.717, 1.165) is 0 Å². The van der Waals surface area contributed by atoms with Crippen molar-refractivity contribution in [2.24, 2.45) is 0 Å². The van der Waals surface area contributed by atoms with Gasteiger partial charge in [0.25, 0.3) is 0 Å². The van der Waals surface area contributed by atoms with Gasteiger partial charge in [0.05, 0.1) is 11.3 Å². The maximum atomic E-state index is 10.9. The van der Waals surface area contributed by atoms with Crippen LogP contribution in [0.15, 0.2) is 0 Å². The van der Waals surface area contributed by atoms with E-state index >= 15 is 0 Å². The maximum Gasteiger partial charge on any atom is 0.338 e. The Labute approximate surface area is 86.7 Å². The van der Waals surface area contributed by atoms with E-state index in [1.54, 1.807) is 6.92 Å². The number of anilines is 1. The number of carboxylic acid groups (broad SMARTS) is 1. The van der Waals surface area contributed by atoms with Crippen molar-refractivity contribution in [2.45, 2.75) is 20.3 Å². The van der Waals surface area contributed by atoms with Gasteiger partial charge in [-0.25, -0.2) is 9.78 Å². The summed E-state index contributed by atoms with van der Waals surface area (Å²) in [6.45, 7) is 3.57. The van der Waals surface area contributed by atoms with Crippen LogP contribution in [0, 0.1) is 6.92 Å². The molecule has 76 valence electrons. The van der Waals surface area contributed by atoms with Crippen molar-refractivity contribution in [1.82, 2.24) is 4.98 Å². The molecule has 0 aliphatic carbocycles. The second kappa shape index (κ2) is 3.84. The zero-order valence-electron chi connectivity index (χ0n) is 7.97. The number of nitrogens with two attached hydrogens (primary N) is 1. The van der Waals surface area contributed by atoms with Crippen molar-refractivity contribution in [3.63, 3.8) is 0 Å². The molecule has 0 aromatic carbocycles. The first-order valence-electron chi connectivity index (χ1n) is 4.16. The van der Waals surface area contributed by atoms with E-state index < -0.39 is 5.97 Å². The summed E-state index contributed by atoms with van der Waals surface area (Å²) in [5.41, 5.74) is 6.92. The molecule has 1 heterocycles. The van der Waals surface area contributed by atoms with Crippen molar-refractivity contribution >= 4 is 23.3 Å². The third-order valence-electron chi connectivity index (χ3n) is 2.06. The van der Waals surface area contributed by atoms with Crippen molar-refractivity contribution in [2.75, 3.05) is 5.73 Å². The summed E-state index contributed by atoms with van der Waals surface area (Å²) in [5.74, 6) is -1.06. The largest absolute Gasteiger partial charge is 0.478 e. The number of hydrogen-bond acceptors (Lipinski definition) is 3. The number of pyridine rings is 1. The summed E-state index contributed by atoms with van der Waals surface area (Å²) in [7, 11) is 0. The zero-order chi connectivity index (χ0) is 10.9. The Morgan fingerprint density at radius 3 is 2.64 bits per heavy atom. The van der Waals surface area contributed by atoms with E-state index in [2.05, 4.69) is 4.98 Å². The lowest BCUT2D eigenvalue weighted by Crippen LogP contribution is -2.10. The van der Waals surface area contributed by atoms with Crippen LogP contribution in [-0.4, -0.2) is 16.1 Å². The second-order valence-corrected chi connectivity index (χ2v) is 3.27. The van der Waals surface area contributed by atoms with Gasteiger partial charge in [-0.1, -0.05) is 18.5 Å². The molecule has 1 rings (SSSR count). The smallest absolute Gasteiger partial charge is 0.338 e. The summed E-state index contributed by atoms with van der Waals surface area (Å²) in [5, 5.41) is 9.01. The molecule has 3 N–H and O–H groups in total. The third-order valence-corrected chi connectivity index (χ3v) is 2.35. The van der Waals surface area contributed by atoms with Gasteiger partial charge in [0.2, 0.25) is 0 Å². The second-order valence-electron chi connectivity index (χ2n) is 2.91. The molecule has 0 fully saturated rings.